The third-order valence-electron chi connectivity index (χ3n) is 3.04. The standard InChI is InChI=1S/C14H16ClNO3S2/c1-10-4-5-11(9-12(10)15)21(18,19)16-7-6-13(17)14-3-2-8-20-14/h2-5,8-9,13,16-17H,6-7H2,1H3. The molecule has 0 saturated heterocycles. The number of hydrogen-bond donors (Lipinski definition) is 2. The van der Waals surface area contributed by atoms with Crippen LogP contribution in [-0.4, -0.2) is 20.1 Å². The van der Waals surface area contributed by atoms with Gasteiger partial charge in [-0.05, 0) is 42.5 Å². The lowest BCUT2D eigenvalue weighted by Crippen LogP contribution is -2.25. The molecule has 0 fully saturated rings. The van der Waals surface area contributed by atoms with Crippen molar-refractivity contribution >= 4 is 33.0 Å². The SMILES string of the molecule is Cc1ccc(S(=O)(=O)NCCC(O)c2cccs2)cc1Cl. The first kappa shape index (κ1) is 16.5. The lowest BCUT2D eigenvalue weighted by atomic mass is 10.2. The maximum absolute atomic E-state index is 12.1. The topological polar surface area (TPSA) is 66.4 Å². The molecule has 0 saturated carbocycles. The Hall–Kier alpha value is -0.920. The van der Waals surface area contributed by atoms with Crippen LogP contribution >= 0.6 is 22.9 Å². The molecule has 2 aromatic rings. The van der Waals surface area contributed by atoms with E-state index in [0.29, 0.717) is 11.4 Å². The van der Waals surface area contributed by atoms with E-state index < -0.39 is 16.1 Å². The molecule has 7 heteroatoms. The molecule has 1 aromatic carbocycles. The van der Waals surface area contributed by atoms with Crippen LogP contribution in [0.3, 0.4) is 0 Å². The Morgan fingerprint density at radius 3 is 2.76 bits per heavy atom. The fourth-order valence-electron chi connectivity index (χ4n) is 1.78. The maximum atomic E-state index is 12.1. The summed E-state index contributed by atoms with van der Waals surface area (Å²) in [5.41, 5.74) is 0.823. The number of aliphatic hydroxyl groups is 1. The Kier molecular flexibility index (Phi) is 5.40. The van der Waals surface area contributed by atoms with E-state index in [4.69, 9.17) is 11.6 Å². The van der Waals surface area contributed by atoms with Gasteiger partial charge in [0.15, 0.2) is 0 Å². The molecular weight excluding hydrogens is 330 g/mol. The molecule has 4 nitrogen and oxygen atoms in total. The van der Waals surface area contributed by atoms with E-state index >= 15 is 0 Å². The second kappa shape index (κ2) is 6.89. The summed E-state index contributed by atoms with van der Waals surface area (Å²) in [6.07, 6.45) is -0.339. The maximum Gasteiger partial charge on any atom is 0.240 e. The van der Waals surface area contributed by atoms with Gasteiger partial charge in [0.05, 0.1) is 11.0 Å². The monoisotopic (exact) mass is 345 g/mol. The average Bonchev–Trinajstić information content (AvgIpc) is 2.95. The quantitative estimate of drug-likeness (QED) is 0.845. The third kappa shape index (κ3) is 4.28. The minimum absolute atomic E-state index is 0.128. The summed E-state index contributed by atoms with van der Waals surface area (Å²) in [5, 5.41) is 12.2. The van der Waals surface area contributed by atoms with Crippen molar-refractivity contribution < 1.29 is 13.5 Å². The van der Waals surface area contributed by atoms with Crippen LogP contribution in [0, 0.1) is 6.92 Å². The van der Waals surface area contributed by atoms with E-state index in [-0.39, 0.29) is 11.4 Å². The van der Waals surface area contributed by atoms with Crippen molar-refractivity contribution in [3.8, 4) is 0 Å². The third-order valence-corrected chi connectivity index (χ3v) is 5.87. The summed E-state index contributed by atoms with van der Waals surface area (Å²) in [5.74, 6) is 0. The molecule has 21 heavy (non-hydrogen) atoms. The molecule has 1 heterocycles. The second-order valence-electron chi connectivity index (χ2n) is 4.63. The van der Waals surface area contributed by atoms with Gasteiger partial charge in [-0.2, -0.15) is 0 Å². The number of nitrogens with one attached hydrogen (secondary N) is 1. The van der Waals surface area contributed by atoms with Crippen LogP contribution in [0.4, 0.5) is 0 Å². The number of halogens is 1. The summed E-state index contributed by atoms with van der Waals surface area (Å²) >= 11 is 7.39. The molecule has 0 aliphatic heterocycles. The van der Waals surface area contributed by atoms with Crippen molar-refractivity contribution in [2.75, 3.05) is 6.54 Å². The molecule has 1 atom stereocenters. The van der Waals surface area contributed by atoms with Crippen molar-refractivity contribution in [1.29, 1.82) is 0 Å². The smallest absolute Gasteiger partial charge is 0.240 e. The zero-order valence-corrected chi connectivity index (χ0v) is 13.8. The number of aryl methyl sites for hydroxylation is 1. The minimum atomic E-state index is -3.61. The Balaban J connectivity index is 1.96. The van der Waals surface area contributed by atoms with Gasteiger partial charge in [-0.3, -0.25) is 0 Å². The van der Waals surface area contributed by atoms with Gasteiger partial charge in [0, 0.05) is 16.4 Å². The number of thiophene rings is 1. The van der Waals surface area contributed by atoms with Crippen molar-refractivity contribution in [3.63, 3.8) is 0 Å². The van der Waals surface area contributed by atoms with E-state index in [2.05, 4.69) is 4.72 Å². The molecule has 0 aliphatic carbocycles. The summed E-state index contributed by atoms with van der Waals surface area (Å²) < 4.78 is 26.7. The normalized spacial score (nSPS) is 13.3. The molecule has 0 amide bonds. The van der Waals surface area contributed by atoms with Gasteiger partial charge in [0.25, 0.3) is 0 Å². The Morgan fingerprint density at radius 1 is 1.38 bits per heavy atom. The lowest BCUT2D eigenvalue weighted by Gasteiger charge is -2.11. The van der Waals surface area contributed by atoms with Gasteiger partial charge in [0.1, 0.15) is 0 Å². The van der Waals surface area contributed by atoms with E-state index in [1.165, 1.54) is 23.5 Å². The molecule has 1 aromatic heterocycles. The molecule has 0 spiro atoms. The van der Waals surface area contributed by atoms with E-state index in [1.807, 2.05) is 24.4 Å². The molecular formula is C14H16ClNO3S2. The minimum Gasteiger partial charge on any atom is -0.388 e. The van der Waals surface area contributed by atoms with Crippen LogP contribution in [0.25, 0.3) is 0 Å². The molecule has 2 rings (SSSR count). The predicted octanol–water partition coefficient (Wildman–Crippen LogP) is 3.11. The van der Waals surface area contributed by atoms with Crippen LogP contribution < -0.4 is 4.72 Å². The van der Waals surface area contributed by atoms with Crippen molar-refractivity contribution in [2.24, 2.45) is 0 Å². The Labute approximate surface area is 133 Å². The van der Waals surface area contributed by atoms with E-state index in [0.717, 1.165) is 10.4 Å². The first-order chi connectivity index (χ1) is 9.90. The first-order valence-corrected chi connectivity index (χ1v) is 9.11. The van der Waals surface area contributed by atoms with Crippen LogP contribution in [0.1, 0.15) is 23.0 Å². The molecule has 0 bridgehead atoms. The van der Waals surface area contributed by atoms with Gasteiger partial charge in [-0.1, -0.05) is 23.7 Å². The first-order valence-electron chi connectivity index (χ1n) is 6.37. The summed E-state index contributed by atoms with van der Waals surface area (Å²) in [6, 6.07) is 8.27. The molecule has 0 radical (unpaired) electrons. The molecule has 114 valence electrons. The van der Waals surface area contributed by atoms with Crippen molar-refractivity contribution in [3.05, 3.63) is 51.2 Å². The number of hydrogen-bond acceptors (Lipinski definition) is 4. The van der Waals surface area contributed by atoms with Gasteiger partial charge in [-0.15, -0.1) is 11.3 Å². The number of benzene rings is 1. The van der Waals surface area contributed by atoms with Crippen molar-refractivity contribution in [2.45, 2.75) is 24.3 Å². The zero-order chi connectivity index (χ0) is 15.5. The van der Waals surface area contributed by atoms with E-state index in [9.17, 15) is 13.5 Å². The lowest BCUT2D eigenvalue weighted by molar-refractivity contribution is 0.173. The van der Waals surface area contributed by atoms with Crippen LogP contribution in [0.5, 0.6) is 0 Å². The number of aliphatic hydroxyl groups excluding tert-OH is 1. The fraction of sp³-hybridized carbons (Fsp3) is 0.286. The number of rotatable bonds is 6. The molecule has 1 unspecified atom stereocenters. The highest BCUT2D eigenvalue weighted by molar-refractivity contribution is 7.89. The van der Waals surface area contributed by atoms with Gasteiger partial charge in [0.2, 0.25) is 10.0 Å². The average molecular weight is 346 g/mol. The summed E-state index contributed by atoms with van der Waals surface area (Å²) in [7, 11) is -3.61. The summed E-state index contributed by atoms with van der Waals surface area (Å²) in [6.45, 7) is 1.97. The Morgan fingerprint density at radius 2 is 2.14 bits per heavy atom. The van der Waals surface area contributed by atoms with Gasteiger partial charge >= 0.3 is 0 Å². The highest BCUT2D eigenvalue weighted by Gasteiger charge is 2.16. The Bertz CT molecular complexity index is 699. The van der Waals surface area contributed by atoms with E-state index in [1.54, 1.807) is 6.07 Å². The van der Waals surface area contributed by atoms with Gasteiger partial charge in [-0.25, -0.2) is 13.1 Å². The van der Waals surface area contributed by atoms with Crippen LogP contribution in [0.2, 0.25) is 5.02 Å². The second-order valence-corrected chi connectivity index (χ2v) is 7.78. The highest BCUT2D eigenvalue weighted by Crippen LogP contribution is 2.22. The predicted molar refractivity (Wildman–Crippen MR) is 85.3 cm³/mol. The highest BCUT2D eigenvalue weighted by atomic mass is 35.5. The molecule has 0 aliphatic rings. The zero-order valence-electron chi connectivity index (χ0n) is 11.4. The van der Waals surface area contributed by atoms with Crippen LogP contribution in [-0.2, 0) is 10.0 Å². The molecule has 2 N–H and O–H groups in total. The largest absolute Gasteiger partial charge is 0.388 e. The van der Waals surface area contributed by atoms with Crippen LogP contribution in [0.15, 0.2) is 40.6 Å². The van der Waals surface area contributed by atoms with Gasteiger partial charge < -0.3 is 5.11 Å². The number of sulfonamides is 1. The van der Waals surface area contributed by atoms with Crippen molar-refractivity contribution in [1.82, 2.24) is 4.72 Å². The summed E-state index contributed by atoms with van der Waals surface area (Å²) in [4.78, 5) is 0.955. The fourth-order valence-corrected chi connectivity index (χ4v) is 3.84.